The molecule has 0 aliphatic carbocycles. The van der Waals surface area contributed by atoms with E-state index in [0.717, 1.165) is 24.9 Å². The van der Waals surface area contributed by atoms with Gasteiger partial charge in [-0.05, 0) is 26.1 Å². The highest BCUT2D eigenvalue weighted by molar-refractivity contribution is 5.60. The monoisotopic (exact) mass is 248 g/mol. The molecule has 0 amide bonds. The van der Waals surface area contributed by atoms with Crippen LogP contribution in [0.5, 0.6) is 5.75 Å². The molecule has 0 bridgehead atoms. The summed E-state index contributed by atoms with van der Waals surface area (Å²) in [5.41, 5.74) is 0.764. The van der Waals surface area contributed by atoms with Crippen LogP contribution in [-0.4, -0.2) is 35.9 Å². The Morgan fingerprint density at radius 1 is 1.39 bits per heavy atom. The van der Waals surface area contributed by atoms with Gasteiger partial charge in [-0.25, -0.2) is 0 Å². The van der Waals surface area contributed by atoms with E-state index in [9.17, 15) is 0 Å². The fourth-order valence-corrected chi connectivity index (χ4v) is 1.60. The van der Waals surface area contributed by atoms with E-state index in [1.165, 1.54) is 0 Å². The number of pyridine rings is 1. The standard InChI is InChI=1S/C12H16N4O2/c1-13-6-3-4-11-15-16-12(18-11)9-5-7-14-8-10(9)17-2/h5,7-8,13H,3-4,6H2,1-2H3. The molecule has 1 N–H and O–H groups in total. The van der Waals surface area contributed by atoms with Crippen LogP contribution in [0, 0.1) is 0 Å². The zero-order chi connectivity index (χ0) is 12.8. The molecule has 2 aromatic rings. The summed E-state index contributed by atoms with van der Waals surface area (Å²) in [6.45, 7) is 0.927. The van der Waals surface area contributed by atoms with Gasteiger partial charge in [-0.15, -0.1) is 10.2 Å². The summed E-state index contributed by atoms with van der Waals surface area (Å²) in [7, 11) is 3.51. The number of hydrogen-bond acceptors (Lipinski definition) is 6. The highest BCUT2D eigenvalue weighted by atomic mass is 16.5. The van der Waals surface area contributed by atoms with Gasteiger partial charge in [0.2, 0.25) is 5.89 Å². The van der Waals surface area contributed by atoms with Crippen LogP contribution in [0.25, 0.3) is 11.5 Å². The molecule has 0 aromatic carbocycles. The molecule has 0 aliphatic rings. The van der Waals surface area contributed by atoms with Crippen molar-refractivity contribution in [2.75, 3.05) is 20.7 Å². The van der Waals surface area contributed by atoms with Gasteiger partial charge in [-0.3, -0.25) is 4.98 Å². The first-order chi connectivity index (χ1) is 8.85. The van der Waals surface area contributed by atoms with Gasteiger partial charge in [0.15, 0.2) is 0 Å². The number of aromatic nitrogens is 3. The maximum Gasteiger partial charge on any atom is 0.251 e. The molecule has 0 spiro atoms. The zero-order valence-corrected chi connectivity index (χ0v) is 10.5. The van der Waals surface area contributed by atoms with Gasteiger partial charge < -0.3 is 14.5 Å². The second kappa shape index (κ2) is 6.11. The Morgan fingerprint density at radius 3 is 3.06 bits per heavy atom. The molecule has 0 fully saturated rings. The van der Waals surface area contributed by atoms with Crippen molar-refractivity contribution in [3.8, 4) is 17.2 Å². The van der Waals surface area contributed by atoms with Crippen LogP contribution in [0.1, 0.15) is 12.3 Å². The van der Waals surface area contributed by atoms with Gasteiger partial charge in [0, 0.05) is 12.6 Å². The minimum Gasteiger partial charge on any atom is -0.494 e. The van der Waals surface area contributed by atoms with Crippen molar-refractivity contribution in [3.63, 3.8) is 0 Å². The molecule has 0 aliphatic heterocycles. The van der Waals surface area contributed by atoms with Crippen molar-refractivity contribution >= 4 is 0 Å². The van der Waals surface area contributed by atoms with Gasteiger partial charge in [0.1, 0.15) is 5.75 Å². The largest absolute Gasteiger partial charge is 0.494 e. The molecular formula is C12H16N4O2. The first-order valence-corrected chi connectivity index (χ1v) is 5.80. The molecule has 6 heteroatoms. The van der Waals surface area contributed by atoms with Gasteiger partial charge in [0.05, 0.1) is 18.9 Å². The normalized spacial score (nSPS) is 10.6. The predicted molar refractivity (Wildman–Crippen MR) is 66.3 cm³/mol. The second-order valence-electron chi connectivity index (χ2n) is 3.78. The summed E-state index contributed by atoms with van der Waals surface area (Å²) >= 11 is 0. The molecular weight excluding hydrogens is 232 g/mol. The summed E-state index contributed by atoms with van der Waals surface area (Å²) in [6, 6.07) is 1.80. The summed E-state index contributed by atoms with van der Waals surface area (Å²) in [6.07, 6.45) is 5.02. The topological polar surface area (TPSA) is 73.1 Å². The van der Waals surface area contributed by atoms with Crippen LogP contribution in [0.2, 0.25) is 0 Å². The van der Waals surface area contributed by atoms with Crippen molar-refractivity contribution < 1.29 is 9.15 Å². The Kier molecular flexibility index (Phi) is 4.25. The van der Waals surface area contributed by atoms with E-state index in [-0.39, 0.29) is 0 Å². The lowest BCUT2D eigenvalue weighted by Gasteiger charge is -2.02. The van der Waals surface area contributed by atoms with Crippen LogP contribution in [0.3, 0.4) is 0 Å². The number of ether oxygens (including phenoxy) is 1. The van der Waals surface area contributed by atoms with Crippen LogP contribution in [0.4, 0.5) is 0 Å². The van der Waals surface area contributed by atoms with Crippen molar-refractivity contribution in [1.29, 1.82) is 0 Å². The molecule has 0 unspecified atom stereocenters. The molecule has 6 nitrogen and oxygen atoms in total. The molecule has 96 valence electrons. The highest BCUT2D eigenvalue weighted by Gasteiger charge is 2.12. The number of methoxy groups -OCH3 is 1. The first kappa shape index (κ1) is 12.5. The zero-order valence-electron chi connectivity index (χ0n) is 10.5. The number of nitrogens with one attached hydrogen (secondary N) is 1. The Balaban J connectivity index is 2.13. The van der Waals surface area contributed by atoms with Crippen molar-refractivity contribution in [1.82, 2.24) is 20.5 Å². The summed E-state index contributed by atoms with van der Waals surface area (Å²) in [5, 5.41) is 11.1. The van der Waals surface area contributed by atoms with Gasteiger partial charge in [-0.1, -0.05) is 0 Å². The third-order valence-electron chi connectivity index (χ3n) is 2.52. The van der Waals surface area contributed by atoms with Gasteiger partial charge in [-0.2, -0.15) is 0 Å². The molecule has 2 aromatic heterocycles. The highest BCUT2D eigenvalue weighted by Crippen LogP contribution is 2.27. The third kappa shape index (κ3) is 2.84. The van der Waals surface area contributed by atoms with E-state index in [1.807, 2.05) is 7.05 Å². The third-order valence-corrected chi connectivity index (χ3v) is 2.52. The van der Waals surface area contributed by atoms with E-state index < -0.39 is 0 Å². The lowest BCUT2D eigenvalue weighted by Crippen LogP contribution is -2.08. The minimum atomic E-state index is 0.466. The second-order valence-corrected chi connectivity index (χ2v) is 3.78. The summed E-state index contributed by atoms with van der Waals surface area (Å²) < 4.78 is 10.8. The van der Waals surface area contributed by atoms with Crippen molar-refractivity contribution in [2.45, 2.75) is 12.8 Å². The predicted octanol–water partition coefficient (Wildman–Crippen LogP) is 1.29. The maximum atomic E-state index is 5.60. The Morgan fingerprint density at radius 2 is 2.28 bits per heavy atom. The average Bonchev–Trinajstić information content (AvgIpc) is 2.88. The van der Waals surface area contributed by atoms with E-state index in [0.29, 0.717) is 17.5 Å². The molecule has 2 heterocycles. The number of nitrogens with zero attached hydrogens (tertiary/aromatic N) is 3. The van der Waals surface area contributed by atoms with Crippen LogP contribution >= 0.6 is 0 Å². The smallest absolute Gasteiger partial charge is 0.251 e. The van der Waals surface area contributed by atoms with Crippen LogP contribution in [0.15, 0.2) is 22.9 Å². The van der Waals surface area contributed by atoms with E-state index in [4.69, 9.17) is 9.15 Å². The lowest BCUT2D eigenvalue weighted by atomic mass is 10.2. The van der Waals surface area contributed by atoms with Crippen molar-refractivity contribution in [3.05, 3.63) is 24.4 Å². The molecule has 0 saturated carbocycles. The lowest BCUT2D eigenvalue weighted by molar-refractivity contribution is 0.411. The Hall–Kier alpha value is -1.95. The molecule has 0 saturated heterocycles. The Bertz CT molecular complexity index is 498. The molecule has 0 radical (unpaired) electrons. The quantitative estimate of drug-likeness (QED) is 0.777. The fourth-order valence-electron chi connectivity index (χ4n) is 1.60. The van der Waals surface area contributed by atoms with E-state index in [1.54, 1.807) is 25.6 Å². The number of hydrogen-bond donors (Lipinski definition) is 1. The molecule has 2 rings (SSSR count). The number of rotatable bonds is 6. The average molecular weight is 248 g/mol. The SMILES string of the molecule is CNCCCc1nnc(-c2ccncc2OC)o1. The van der Waals surface area contributed by atoms with Crippen LogP contribution in [-0.2, 0) is 6.42 Å². The molecule has 0 atom stereocenters. The minimum absolute atomic E-state index is 0.466. The van der Waals surface area contributed by atoms with Gasteiger partial charge >= 0.3 is 0 Å². The first-order valence-electron chi connectivity index (χ1n) is 5.80. The summed E-state index contributed by atoms with van der Waals surface area (Å²) in [4.78, 5) is 3.99. The fraction of sp³-hybridized carbons (Fsp3) is 0.417. The van der Waals surface area contributed by atoms with Crippen molar-refractivity contribution in [2.24, 2.45) is 0 Å². The van der Waals surface area contributed by atoms with Crippen LogP contribution < -0.4 is 10.1 Å². The maximum absolute atomic E-state index is 5.60. The Labute approximate surface area is 105 Å². The van der Waals surface area contributed by atoms with E-state index in [2.05, 4.69) is 20.5 Å². The number of aryl methyl sites for hydroxylation is 1. The molecule has 18 heavy (non-hydrogen) atoms. The van der Waals surface area contributed by atoms with E-state index >= 15 is 0 Å². The summed E-state index contributed by atoms with van der Waals surface area (Å²) in [5.74, 6) is 1.73. The van der Waals surface area contributed by atoms with Gasteiger partial charge in [0.25, 0.3) is 5.89 Å².